The van der Waals surface area contributed by atoms with E-state index in [1.165, 1.54) is 6.07 Å². The van der Waals surface area contributed by atoms with Crippen LogP contribution in [0.25, 0.3) is 0 Å². The van der Waals surface area contributed by atoms with Crippen molar-refractivity contribution in [2.75, 3.05) is 13.2 Å². The Balaban J connectivity index is 2.49. The van der Waals surface area contributed by atoms with E-state index in [-0.39, 0.29) is 6.61 Å². The van der Waals surface area contributed by atoms with Crippen molar-refractivity contribution in [1.29, 1.82) is 0 Å². The number of nitrogens with one attached hydrogen (secondary N) is 1. The van der Waals surface area contributed by atoms with Gasteiger partial charge in [-0.1, -0.05) is 12.1 Å². The minimum Gasteiger partial charge on any atom is -0.396 e. The molecule has 2 nitrogen and oxygen atoms in total. The summed E-state index contributed by atoms with van der Waals surface area (Å²) in [5.74, 6) is 0. The Hall–Kier alpha value is -1.07. The molecule has 2 N–H and O–H groups in total. The molecule has 1 aromatic rings. The van der Waals surface area contributed by atoms with E-state index in [1.54, 1.807) is 6.07 Å². The first-order chi connectivity index (χ1) is 8.04. The number of alkyl halides is 3. The Kier molecular flexibility index (Phi) is 3.40. The highest BCUT2D eigenvalue weighted by atomic mass is 19.4. The van der Waals surface area contributed by atoms with E-state index >= 15 is 0 Å². The van der Waals surface area contributed by atoms with Gasteiger partial charge in [-0.05, 0) is 36.6 Å². The van der Waals surface area contributed by atoms with E-state index in [4.69, 9.17) is 5.11 Å². The molecule has 0 aliphatic carbocycles. The Morgan fingerprint density at radius 1 is 1.35 bits per heavy atom. The number of fused-ring (bicyclic) bond motifs is 1. The quantitative estimate of drug-likeness (QED) is 0.837. The van der Waals surface area contributed by atoms with Crippen molar-refractivity contribution in [2.24, 2.45) is 0 Å². The van der Waals surface area contributed by atoms with Crippen molar-refractivity contribution >= 4 is 0 Å². The summed E-state index contributed by atoms with van der Waals surface area (Å²) in [7, 11) is 0. The van der Waals surface area contributed by atoms with Gasteiger partial charge in [-0.15, -0.1) is 0 Å². The molecule has 5 heteroatoms. The Labute approximate surface area is 97.5 Å². The Morgan fingerprint density at radius 3 is 2.76 bits per heavy atom. The molecule has 1 aromatic carbocycles. The largest absolute Gasteiger partial charge is 0.416 e. The van der Waals surface area contributed by atoms with Crippen LogP contribution in [0.5, 0.6) is 0 Å². The number of halogens is 3. The maximum Gasteiger partial charge on any atom is 0.416 e. The summed E-state index contributed by atoms with van der Waals surface area (Å²) >= 11 is 0. The number of aliphatic hydroxyl groups excluding tert-OH is 1. The molecule has 1 aliphatic heterocycles. The third-order valence-electron chi connectivity index (χ3n) is 3.05. The second-order valence-electron chi connectivity index (χ2n) is 4.15. The predicted molar refractivity (Wildman–Crippen MR) is 57.6 cm³/mol. The van der Waals surface area contributed by atoms with Gasteiger partial charge in [0.25, 0.3) is 0 Å². The van der Waals surface area contributed by atoms with E-state index in [0.717, 1.165) is 11.6 Å². The van der Waals surface area contributed by atoms with Crippen molar-refractivity contribution in [3.63, 3.8) is 0 Å². The molecule has 0 amide bonds. The lowest BCUT2D eigenvalue weighted by molar-refractivity contribution is -0.138. The molecule has 0 radical (unpaired) electrons. The fourth-order valence-electron chi connectivity index (χ4n) is 2.35. The lowest BCUT2D eigenvalue weighted by atomic mass is 9.88. The topological polar surface area (TPSA) is 32.3 Å². The Bertz CT molecular complexity index is 403. The molecular formula is C12H14F3NO. The van der Waals surface area contributed by atoms with Crippen LogP contribution in [0.3, 0.4) is 0 Å². The predicted octanol–water partition coefficient (Wildman–Crippen LogP) is 2.27. The van der Waals surface area contributed by atoms with Gasteiger partial charge in [0.15, 0.2) is 0 Å². The molecule has 0 bridgehead atoms. The van der Waals surface area contributed by atoms with Crippen LogP contribution in [0.2, 0.25) is 0 Å². The third kappa shape index (κ3) is 2.45. The summed E-state index contributed by atoms with van der Waals surface area (Å²) in [6, 6.07) is 3.89. The maximum absolute atomic E-state index is 12.9. The molecule has 17 heavy (non-hydrogen) atoms. The molecule has 1 aliphatic rings. The SMILES string of the molecule is OCCC1NCCc2cccc(C(F)(F)F)c21. The van der Waals surface area contributed by atoms with Crippen LogP contribution in [0, 0.1) is 0 Å². The molecule has 0 aromatic heterocycles. The van der Waals surface area contributed by atoms with Crippen molar-refractivity contribution in [3.05, 3.63) is 34.9 Å². The molecule has 0 fully saturated rings. The molecular weight excluding hydrogens is 231 g/mol. The lowest BCUT2D eigenvalue weighted by Crippen LogP contribution is -2.32. The van der Waals surface area contributed by atoms with E-state index in [0.29, 0.717) is 24.9 Å². The maximum atomic E-state index is 12.9. The van der Waals surface area contributed by atoms with Crippen LogP contribution in [0.4, 0.5) is 13.2 Å². The highest BCUT2D eigenvalue weighted by Crippen LogP contribution is 2.38. The van der Waals surface area contributed by atoms with Crippen LogP contribution in [0.15, 0.2) is 18.2 Å². The first-order valence-corrected chi connectivity index (χ1v) is 5.57. The molecule has 2 rings (SSSR count). The second kappa shape index (κ2) is 4.66. The van der Waals surface area contributed by atoms with Crippen molar-refractivity contribution < 1.29 is 18.3 Å². The van der Waals surface area contributed by atoms with Crippen LogP contribution in [0.1, 0.15) is 29.2 Å². The monoisotopic (exact) mass is 245 g/mol. The van der Waals surface area contributed by atoms with Crippen LogP contribution in [-0.4, -0.2) is 18.3 Å². The van der Waals surface area contributed by atoms with Gasteiger partial charge in [-0.3, -0.25) is 0 Å². The normalized spacial score (nSPS) is 20.1. The number of benzene rings is 1. The summed E-state index contributed by atoms with van der Waals surface area (Å²) in [6.45, 7) is 0.530. The van der Waals surface area contributed by atoms with Crippen LogP contribution >= 0.6 is 0 Å². The summed E-state index contributed by atoms with van der Waals surface area (Å²) in [4.78, 5) is 0. The standard InChI is InChI=1S/C12H14F3NO/c13-12(14,15)9-3-1-2-8-4-6-16-10(5-7-17)11(8)9/h1-3,10,16-17H,4-7H2. The van der Waals surface area contributed by atoms with Gasteiger partial charge in [0.2, 0.25) is 0 Å². The molecule has 0 saturated carbocycles. The minimum absolute atomic E-state index is 0.122. The minimum atomic E-state index is -4.34. The zero-order valence-corrected chi connectivity index (χ0v) is 9.22. The fourth-order valence-corrected chi connectivity index (χ4v) is 2.35. The number of hydrogen-bond donors (Lipinski definition) is 2. The van der Waals surface area contributed by atoms with E-state index in [1.807, 2.05) is 0 Å². The summed E-state index contributed by atoms with van der Waals surface area (Å²) in [6.07, 6.45) is -3.43. The van der Waals surface area contributed by atoms with Gasteiger partial charge in [-0.2, -0.15) is 13.2 Å². The van der Waals surface area contributed by atoms with Gasteiger partial charge >= 0.3 is 6.18 Å². The number of hydrogen-bond acceptors (Lipinski definition) is 2. The molecule has 94 valence electrons. The molecule has 1 heterocycles. The van der Waals surface area contributed by atoms with Gasteiger partial charge < -0.3 is 10.4 Å². The fraction of sp³-hybridized carbons (Fsp3) is 0.500. The first-order valence-electron chi connectivity index (χ1n) is 5.57. The highest BCUT2D eigenvalue weighted by molar-refractivity contribution is 5.41. The van der Waals surface area contributed by atoms with Crippen LogP contribution < -0.4 is 5.32 Å². The van der Waals surface area contributed by atoms with E-state index in [2.05, 4.69) is 5.32 Å². The molecule has 0 saturated heterocycles. The average molecular weight is 245 g/mol. The highest BCUT2D eigenvalue weighted by Gasteiger charge is 2.37. The third-order valence-corrected chi connectivity index (χ3v) is 3.05. The summed E-state index contributed by atoms with van der Waals surface area (Å²) < 4.78 is 38.7. The van der Waals surface area contributed by atoms with E-state index in [9.17, 15) is 13.2 Å². The average Bonchev–Trinajstić information content (AvgIpc) is 2.28. The van der Waals surface area contributed by atoms with Gasteiger partial charge in [0.05, 0.1) is 5.56 Å². The molecule has 1 atom stereocenters. The second-order valence-corrected chi connectivity index (χ2v) is 4.15. The summed E-state index contributed by atoms with van der Waals surface area (Å²) in [5, 5.41) is 11.9. The van der Waals surface area contributed by atoms with Gasteiger partial charge in [-0.25, -0.2) is 0 Å². The summed E-state index contributed by atoms with van der Waals surface area (Å²) in [5.41, 5.74) is 0.456. The van der Waals surface area contributed by atoms with Gasteiger partial charge in [0.1, 0.15) is 0 Å². The van der Waals surface area contributed by atoms with Crippen molar-refractivity contribution in [1.82, 2.24) is 5.32 Å². The Morgan fingerprint density at radius 2 is 2.12 bits per heavy atom. The lowest BCUT2D eigenvalue weighted by Gasteiger charge is -2.29. The number of rotatable bonds is 2. The van der Waals surface area contributed by atoms with Gasteiger partial charge in [0, 0.05) is 12.6 Å². The van der Waals surface area contributed by atoms with Crippen molar-refractivity contribution in [3.8, 4) is 0 Å². The van der Waals surface area contributed by atoms with Crippen LogP contribution in [-0.2, 0) is 12.6 Å². The first kappa shape index (κ1) is 12.4. The van der Waals surface area contributed by atoms with E-state index < -0.39 is 17.8 Å². The zero-order valence-electron chi connectivity index (χ0n) is 9.22. The molecule has 1 unspecified atom stereocenters. The van der Waals surface area contributed by atoms with Crippen molar-refractivity contribution in [2.45, 2.75) is 25.1 Å². The number of aliphatic hydroxyl groups is 1. The smallest absolute Gasteiger partial charge is 0.396 e. The zero-order chi connectivity index (χ0) is 12.5. The molecule has 0 spiro atoms.